The van der Waals surface area contributed by atoms with Gasteiger partial charge in [-0.3, -0.25) is 4.90 Å². The van der Waals surface area contributed by atoms with Gasteiger partial charge in [0, 0.05) is 18.5 Å². The number of hydrogen-bond acceptors (Lipinski definition) is 1. The summed E-state index contributed by atoms with van der Waals surface area (Å²) in [6.45, 7) is 7.56. The maximum absolute atomic E-state index is 6.10. The van der Waals surface area contributed by atoms with Crippen molar-refractivity contribution in [1.82, 2.24) is 4.90 Å². The molecule has 1 nitrogen and oxygen atoms in total. The van der Waals surface area contributed by atoms with Crippen LogP contribution in [0.25, 0.3) is 0 Å². The number of rotatable bonds is 2. The summed E-state index contributed by atoms with van der Waals surface area (Å²) in [7, 11) is 0. The molecule has 1 aromatic rings. The summed E-state index contributed by atoms with van der Waals surface area (Å²) in [4.78, 5) is 2.44. The molecule has 1 aliphatic rings. The van der Waals surface area contributed by atoms with Crippen molar-refractivity contribution in [3.63, 3.8) is 0 Å². The second-order valence-electron chi connectivity index (χ2n) is 4.55. The lowest BCUT2D eigenvalue weighted by Gasteiger charge is -2.16. The van der Waals surface area contributed by atoms with E-state index in [9.17, 15) is 0 Å². The summed E-state index contributed by atoms with van der Waals surface area (Å²) in [6.07, 6.45) is 1.13. The highest BCUT2D eigenvalue weighted by atomic mass is 35.5. The predicted molar refractivity (Wildman–Crippen MR) is 65.5 cm³/mol. The Kier molecular flexibility index (Phi) is 3.32. The van der Waals surface area contributed by atoms with Crippen molar-refractivity contribution in [2.24, 2.45) is 0 Å². The summed E-state index contributed by atoms with van der Waals surface area (Å²) in [6, 6.07) is 6.67. The molecule has 1 aliphatic heterocycles. The van der Waals surface area contributed by atoms with Crippen LogP contribution in [0.15, 0.2) is 18.2 Å². The highest BCUT2D eigenvalue weighted by Crippen LogP contribution is 2.19. The van der Waals surface area contributed by atoms with E-state index in [4.69, 9.17) is 11.6 Å². The number of nitrogens with zero attached hydrogens (tertiary/aromatic N) is 1. The summed E-state index contributed by atoms with van der Waals surface area (Å²) in [5.74, 6) is 0. The molecule has 0 bridgehead atoms. The molecule has 2 heteroatoms. The lowest BCUT2D eigenvalue weighted by Crippen LogP contribution is -2.20. The van der Waals surface area contributed by atoms with Gasteiger partial charge in [0.15, 0.2) is 0 Å². The van der Waals surface area contributed by atoms with Crippen LogP contribution in [-0.2, 0) is 6.54 Å². The average molecular weight is 224 g/mol. The van der Waals surface area contributed by atoms with Crippen molar-refractivity contribution in [3.05, 3.63) is 34.9 Å². The first-order chi connectivity index (χ1) is 7.15. The van der Waals surface area contributed by atoms with Crippen molar-refractivity contribution in [1.29, 1.82) is 0 Å². The third kappa shape index (κ3) is 2.73. The molecular formula is C13H18ClN. The van der Waals surface area contributed by atoms with Crippen molar-refractivity contribution < 1.29 is 0 Å². The molecule has 0 aromatic heterocycles. The zero-order valence-corrected chi connectivity index (χ0v) is 10.2. The average Bonchev–Trinajstić information content (AvgIpc) is 2.58. The third-order valence-electron chi connectivity index (χ3n) is 3.11. The van der Waals surface area contributed by atoms with Crippen LogP contribution in [0, 0.1) is 13.8 Å². The fraction of sp³-hybridized carbons (Fsp3) is 0.538. The fourth-order valence-electron chi connectivity index (χ4n) is 2.14. The van der Waals surface area contributed by atoms with Crippen molar-refractivity contribution in [2.75, 3.05) is 13.1 Å². The van der Waals surface area contributed by atoms with E-state index in [2.05, 4.69) is 36.9 Å². The third-order valence-corrected chi connectivity index (χ3v) is 3.47. The normalized spacial score (nSPS) is 22.2. The summed E-state index contributed by atoms with van der Waals surface area (Å²) >= 11 is 6.10. The number of alkyl halides is 1. The van der Waals surface area contributed by atoms with Gasteiger partial charge in [0.05, 0.1) is 0 Å². The summed E-state index contributed by atoms with van der Waals surface area (Å²) in [5, 5.41) is 0.357. The Bertz CT molecular complexity index is 348. The molecule has 0 amide bonds. The number of halogens is 1. The molecule has 1 saturated heterocycles. The van der Waals surface area contributed by atoms with Crippen molar-refractivity contribution in [3.8, 4) is 0 Å². The van der Waals surface area contributed by atoms with Crippen LogP contribution in [0.5, 0.6) is 0 Å². The lowest BCUT2D eigenvalue weighted by atomic mass is 10.1. The van der Waals surface area contributed by atoms with Crippen LogP contribution in [0.4, 0.5) is 0 Å². The first-order valence-electron chi connectivity index (χ1n) is 5.57. The van der Waals surface area contributed by atoms with E-state index >= 15 is 0 Å². The Morgan fingerprint density at radius 2 is 2.20 bits per heavy atom. The van der Waals surface area contributed by atoms with Crippen molar-refractivity contribution >= 4 is 11.6 Å². The Morgan fingerprint density at radius 3 is 2.87 bits per heavy atom. The largest absolute Gasteiger partial charge is 0.298 e. The fourth-order valence-corrected chi connectivity index (χ4v) is 2.43. The molecule has 1 fully saturated rings. The van der Waals surface area contributed by atoms with E-state index in [-0.39, 0.29) is 0 Å². The Labute approximate surface area is 97.0 Å². The molecule has 15 heavy (non-hydrogen) atoms. The van der Waals surface area contributed by atoms with E-state index in [1.807, 2.05) is 0 Å². The number of aryl methyl sites for hydroxylation is 2. The van der Waals surface area contributed by atoms with Gasteiger partial charge in [0.25, 0.3) is 0 Å². The molecule has 2 rings (SSSR count). The number of benzene rings is 1. The van der Waals surface area contributed by atoms with Gasteiger partial charge in [-0.15, -0.1) is 11.6 Å². The smallest absolute Gasteiger partial charge is 0.0475 e. The van der Waals surface area contributed by atoms with E-state index in [0.717, 1.165) is 26.1 Å². The van der Waals surface area contributed by atoms with Gasteiger partial charge in [-0.1, -0.05) is 23.8 Å². The SMILES string of the molecule is Cc1ccc(C)c(CN2CCC(Cl)C2)c1. The molecule has 0 aliphatic carbocycles. The first-order valence-corrected chi connectivity index (χ1v) is 6.01. The monoisotopic (exact) mass is 223 g/mol. The molecule has 0 radical (unpaired) electrons. The molecule has 1 heterocycles. The van der Waals surface area contributed by atoms with Gasteiger partial charge in [-0.2, -0.15) is 0 Å². The molecule has 0 saturated carbocycles. The molecule has 0 N–H and O–H groups in total. The van der Waals surface area contributed by atoms with Gasteiger partial charge in [-0.05, 0) is 37.9 Å². The highest BCUT2D eigenvalue weighted by Gasteiger charge is 2.20. The quantitative estimate of drug-likeness (QED) is 0.697. The lowest BCUT2D eigenvalue weighted by molar-refractivity contribution is 0.331. The zero-order valence-electron chi connectivity index (χ0n) is 9.46. The van der Waals surface area contributed by atoms with Crippen LogP contribution in [-0.4, -0.2) is 23.4 Å². The molecule has 1 unspecified atom stereocenters. The Morgan fingerprint density at radius 1 is 1.40 bits per heavy atom. The molecule has 1 atom stereocenters. The molecule has 0 spiro atoms. The van der Waals surface area contributed by atoms with E-state index in [1.54, 1.807) is 0 Å². The number of hydrogen-bond donors (Lipinski definition) is 0. The standard InChI is InChI=1S/C13H18ClN/c1-10-3-4-11(2)12(7-10)8-15-6-5-13(14)9-15/h3-4,7,13H,5-6,8-9H2,1-2H3. The van der Waals surface area contributed by atoms with Gasteiger partial charge in [-0.25, -0.2) is 0 Å². The Hall–Kier alpha value is -0.530. The maximum atomic E-state index is 6.10. The second kappa shape index (κ2) is 4.54. The molecule has 82 valence electrons. The van der Waals surface area contributed by atoms with Crippen LogP contribution in [0.1, 0.15) is 23.1 Å². The van der Waals surface area contributed by atoms with E-state index in [0.29, 0.717) is 5.38 Å². The van der Waals surface area contributed by atoms with Crippen LogP contribution < -0.4 is 0 Å². The molecular weight excluding hydrogens is 206 g/mol. The minimum atomic E-state index is 0.357. The summed E-state index contributed by atoms with van der Waals surface area (Å²) < 4.78 is 0. The minimum absolute atomic E-state index is 0.357. The van der Waals surface area contributed by atoms with Gasteiger partial charge in [0.1, 0.15) is 0 Å². The van der Waals surface area contributed by atoms with Crippen molar-refractivity contribution in [2.45, 2.75) is 32.2 Å². The van der Waals surface area contributed by atoms with Gasteiger partial charge in [0.2, 0.25) is 0 Å². The van der Waals surface area contributed by atoms with Gasteiger partial charge >= 0.3 is 0 Å². The topological polar surface area (TPSA) is 3.24 Å². The van der Waals surface area contributed by atoms with Gasteiger partial charge < -0.3 is 0 Å². The summed E-state index contributed by atoms with van der Waals surface area (Å²) in [5.41, 5.74) is 4.18. The van der Waals surface area contributed by atoms with Crippen LogP contribution in [0.3, 0.4) is 0 Å². The maximum Gasteiger partial charge on any atom is 0.0475 e. The van der Waals surface area contributed by atoms with Crippen LogP contribution in [0.2, 0.25) is 0 Å². The van der Waals surface area contributed by atoms with E-state index < -0.39 is 0 Å². The van der Waals surface area contributed by atoms with E-state index in [1.165, 1.54) is 16.7 Å². The molecule has 1 aromatic carbocycles. The second-order valence-corrected chi connectivity index (χ2v) is 5.17. The zero-order chi connectivity index (χ0) is 10.8. The predicted octanol–water partition coefficient (Wildman–Crippen LogP) is 3.12. The van der Waals surface area contributed by atoms with Crippen LogP contribution >= 0.6 is 11.6 Å². The Balaban J connectivity index is 2.07. The highest BCUT2D eigenvalue weighted by molar-refractivity contribution is 6.20. The first kappa shape index (κ1) is 11.0. The number of likely N-dealkylation sites (tertiary alicyclic amines) is 1. The minimum Gasteiger partial charge on any atom is -0.298 e.